The third kappa shape index (κ3) is 1.95. The van der Waals surface area contributed by atoms with Gasteiger partial charge in [0.2, 0.25) is 0 Å². The van der Waals surface area contributed by atoms with Crippen LogP contribution in [0.3, 0.4) is 0 Å². The Labute approximate surface area is 111 Å². The van der Waals surface area contributed by atoms with Crippen molar-refractivity contribution in [3.05, 3.63) is 48.4 Å². The molecule has 2 heterocycles. The maximum Gasteiger partial charge on any atom is 0.165 e. The molecule has 0 fully saturated rings. The zero-order valence-corrected chi connectivity index (χ0v) is 10.8. The number of H-pyrrole nitrogens is 1. The Hall–Kier alpha value is -2.36. The van der Waals surface area contributed by atoms with E-state index < -0.39 is 0 Å². The first kappa shape index (κ1) is 11.7. The molecule has 0 radical (unpaired) electrons. The molecule has 0 bridgehead atoms. The summed E-state index contributed by atoms with van der Waals surface area (Å²) in [6.45, 7) is 2.02. The van der Waals surface area contributed by atoms with E-state index in [1.165, 1.54) is 0 Å². The van der Waals surface area contributed by atoms with Crippen LogP contribution in [0.5, 0.6) is 0 Å². The van der Waals surface area contributed by atoms with Crippen LogP contribution in [0, 0.1) is 0 Å². The minimum absolute atomic E-state index is 0.195. The van der Waals surface area contributed by atoms with Gasteiger partial charge in [-0.2, -0.15) is 5.10 Å². The molecule has 0 atom stereocenters. The number of nitrogens with zero attached hydrogens (tertiary/aromatic N) is 2. The van der Waals surface area contributed by atoms with Crippen LogP contribution in [0.25, 0.3) is 16.6 Å². The normalized spacial score (nSPS) is 11.0. The largest absolute Gasteiger partial charge is 0.313 e. The van der Waals surface area contributed by atoms with Gasteiger partial charge in [0.05, 0.1) is 17.4 Å². The number of hydrogen-bond acceptors (Lipinski definition) is 2. The summed E-state index contributed by atoms with van der Waals surface area (Å²) in [4.78, 5) is 12.2. The molecule has 0 aliphatic heterocycles. The van der Waals surface area contributed by atoms with E-state index in [4.69, 9.17) is 0 Å². The second-order valence-electron chi connectivity index (χ2n) is 4.56. The molecule has 0 aliphatic rings. The molecule has 0 aliphatic carbocycles. The quantitative estimate of drug-likeness (QED) is 0.725. The lowest BCUT2D eigenvalue weighted by Gasteiger charge is -1.99. The van der Waals surface area contributed by atoms with E-state index in [-0.39, 0.29) is 5.78 Å². The molecule has 1 N–H and O–H groups in total. The zero-order valence-electron chi connectivity index (χ0n) is 10.8. The Kier molecular flexibility index (Phi) is 2.91. The topological polar surface area (TPSA) is 50.7 Å². The molecule has 4 nitrogen and oxygen atoms in total. The molecule has 0 saturated heterocycles. The number of benzene rings is 1. The molecule has 3 rings (SSSR count). The van der Waals surface area contributed by atoms with Gasteiger partial charge in [0.1, 0.15) is 0 Å². The molecule has 1 aromatic carbocycles. The van der Waals surface area contributed by atoms with Crippen LogP contribution in [-0.2, 0) is 0 Å². The maximum atomic E-state index is 12.2. The molecule has 0 spiro atoms. The van der Waals surface area contributed by atoms with E-state index in [0.29, 0.717) is 6.42 Å². The van der Waals surface area contributed by atoms with Crippen LogP contribution >= 0.6 is 0 Å². The molecule has 2 aromatic heterocycles. The van der Waals surface area contributed by atoms with Crippen molar-refractivity contribution in [1.29, 1.82) is 0 Å². The number of ketones is 1. The van der Waals surface area contributed by atoms with Crippen molar-refractivity contribution < 1.29 is 4.79 Å². The lowest BCUT2D eigenvalue weighted by Crippen LogP contribution is -1.96. The summed E-state index contributed by atoms with van der Waals surface area (Å²) in [5.41, 5.74) is 2.76. The van der Waals surface area contributed by atoms with E-state index >= 15 is 0 Å². The highest BCUT2D eigenvalue weighted by atomic mass is 16.1. The molecular weight excluding hydrogens is 238 g/mol. The second-order valence-corrected chi connectivity index (χ2v) is 4.56. The van der Waals surface area contributed by atoms with Gasteiger partial charge in [-0.25, -0.2) is 0 Å². The lowest BCUT2D eigenvalue weighted by atomic mass is 10.1. The fourth-order valence-electron chi connectivity index (χ4n) is 2.35. The molecule has 0 amide bonds. The first-order valence-corrected chi connectivity index (χ1v) is 6.43. The second kappa shape index (κ2) is 4.72. The molecule has 0 unspecified atom stereocenters. The van der Waals surface area contributed by atoms with Gasteiger partial charge in [0, 0.05) is 29.8 Å². The number of aromatic nitrogens is 3. The summed E-state index contributed by atoms with van der Waals surface area (Å²) in [6.07, 6.45) is 6.93. The van der Waals surface area contributed by atoms with E-state index in [1.807, 2.05) is 48.1 Å². The molecular formula is C15H15N3O. The Morgan fingerprint density at radius 1 is 1.37 bits per heavy atom. The average Bonchev–Trinajstić information content (AvgIpc) is 3.06. The smallest absolute Gasteiger partial charge is 0.165 e. The van der Waals surface area contributed by atoms with E-state index in [1.54, 1.807) is 6.20 Å². The fraction of sp³-hybridized carbons (Fsp3) is 0.200. The van der Waals surface area contributed by atoms with Crippen LogP contribution in [0.15, 0.2) is 42.9 Å². The average molecular weight is 253 g/mol. The summed E-state index contributed by atoms with van der Waals surface area (Å²) in [6, 6.07) is 7.96. The fourth-order valence-corrected chi connectivity index (χ4v) is 2.35. The number of para-hydroxylation sites is 1. The first-order valence-electron chi connectivity index (χ1n) is 6.43. The number of carbonyl (C=O) groups is 1. The number of Topliss-reactive ketones (excluding diaryl/α,β-unsaturated/α-hetero) is 1. The summed E-state index contributed by atoms with van der Waals surface area (Å²) >= 11 is 0. The maximum absolute atomic E-state index is 12.2. The Morgan fingerprint density at radius 2 is 2.21 bits per heavy atom. The lowest BCUT2D eigenvalue weighted by molar-refractivity contribution is 0.0983. The van der Waals surface area contributed by atoms with Crippen molar-refractivity contribution in [3.8, 4) is 5.69 Å². The van der Waals surface area contributed by atoms with E-state index in [9.17, 15) is 4.79 Å². The van der Waals surface area contributed by atoms with Gasteiger partial charge in [0.15, 0.2) is 5.78 Å². The zero-order chi connectivity index (χ0) is 13.2. The summed E-state index contributed by atoms with van der Waals surface area (Å²) < 4.78 is 2.00. The predicted molar refractivity (Wildman–Crippen MR) is 74.7 cm³/mol. The highest BCUT2D eigenvalue weighted by molar-refractivity contribution is 6.08. The Bertz CT molecular complexity index is 710. The van der Waals surface area contributed by atoms with Gasteiger partial charge in [-0.1, -0.05) is 25.1 Å². The number of carbonyl (C=O) groups excluding carboxylic acids is 1. The van der Waals surface area contributed by atoms with Crippen LogP contribution in [0.4, 0.5) is 0 Å². The van der Waals surface area contributed by atoms with E-state index in [0.717, 1.165) is 28.6 Å². The van der Waals surface area contributed by atoms with Crippen LogP contribution in [-0.4, -0.2) is 20.5 Å². The first-order chi connectivity index (χ1) is 9.31. The Balaban J connectivity index is 2.22. The number of hydrogen-bond donors (Lipinski definition) is 1. The molecule has 96 valence electrons. The number of fused-ring (bicyclic) bond motifs is 1. The monoisotopic (exact) mass is 253 g/mol. The van der Waals surface area contributed by atoms with Crippen molar-refractivity contribution >= 4 is 16.7 Å². The van der Waals surface area contributed by atoms with Gasteiger partial charge in [-0.05, 0) is 12.5 Å². The standard InChI is InChI=1S/C15H15N3O/c1-2-5-15(19)13-10-18(11-8-16-17-9-11)14-7-4-3-6-12(13)14/h3-4,6-10H,2,5H2,1H3,(H,16,17). The van der Waals surface area contributed by atoms with Crippen molar-refractivity contribution in [2.75, 3.05) is 0 Å². The van der Waals surface area contributed by atoms with Crippen LogP contribution in [0.2, 0.25) is 0 Å². The molecule has 19 heavy (non-hydrogen) atoms. The highest BCUT2D eigenvalue weighted by Crippen LogP contribution is 2.25. The predicted octanol–water partition coefficient (Wildman–Crippen LogP) is 3.34. The third-order valence-electron chi connectivity index (χ3n) is 3.25. The summed E-state index contributed by atoms with van der Waals surface area (Å²) in [5.74, 6) is 0.195. The van der Waals surface area contributed by atoms with Crippen LogP contribution < -0.4 is 0 Å². The molecule has 4 heteroatoms. The van der Waals surface area contributed by atoms with Crippen molar-refractivity contribution in [3.63, 3.8) is 0 Å². The minimum Gasteiger partial charge on any atom is -0.313 e. The highest BCUT2D eigenvalue weighted by Gasteiger charge is 2.15. The molecule has 3 aromatic rings. The summed E-state index contributed by atoms with van der Waals surface area (Å²) in [5, 5.41) is 7.77. The third-order valence-corrected chi connectivity index (χ3v) is 3.25. The van der Waals surface area contributed by atoms with Gasteiger partial charge in [-0.15, -0.1) is 0 Å². The van der Waals surface area contributed by atoms with Crippen LogP contribution in [0.1, 0.15) is 30.1 Å². The van der Waals surface area contributed by atoms with Gasteiger partial charge in [-0.3, -0.25) is 9.89 Å². The van der Waals surface area contributed by atoms with Crippen molar-refractivity contribution in [2.24, 2.45) is 0 Å². The number of rotatable bonds is 4. The molecule has 0 saturated carbocycles. The van der Waals surface area contributed by atoms with Crippen molar-refractivity contribution in [2.45, 2.75) is 19.8 Å². The number of nitrogens with one attached hydrogen (secondary N) is 1. The SMILES string of the molecule is CCCC(=O)c1cn(-c2cn[nH]c2)c2ccccc12. The number of aromatic amines is 1. The minimum atomic E-state index is 0.195. The van der Waals surface area contributed by atoms with Gasteiger partial charge >= 0.3 is 0 Å². The van der Waals surface area contributed by atoms with Crippen molar-refractivity contribution in [1.82, 2.24) is 14.8 Å². The van der Waals surface area contributed by atoms with Gasteiger partial charge in [0.25, 0.3) is 0 Å². The van der Waals surface area contributed by atoms with Gasteiger partial charge < -0.3 is 4.57 Å². The summed E-state index contributed by atoms with van der Waals surface area (Å²) in [7, 11) is 0. The van der Waals surface area contributed by atoms with E-state index in [2.05, 4.69) is 10.2 Å². The Morgan fingerprint density at radius 3 is 2.95 bits per heavy atom.